The smallest absolute Gasteiger partial charge is 0.217 e. The molecule has 2 aromatic heterocycles. The second-order valence-electron chi connectivity index (χ2n) is 6.01. The summed E-state index contributed by atoms with van der Waals surface area (Å²) in [5.41, 5.74) is 2.13. The molecule has 3 rings (SSSR count). The molecule has 1 saturated carbocycles. The SMILES string of the molecule is CCc1c[nH]c2ncnc(NC3CCC(NC(C)=O)CC3)c12. The lowest BCUT2D eigenvalue weighted by Crippen LogP contribution is -2.39. The normalized spacial score (nSPS) is 21.7. The third kappa shape index (κ3) is 3.05. The number of anilines is 1. The van der Waals surface area contributed by atoms with E-state index < -0.39 is 0 Å². The lowest BCUT2D eigenvalue weighted by molar-refractivity contribution is -0.119. The molecule has 0 aliphatic heterocycles. The highest BCUT2D eigenvalue weighted by atomic mass is 16.1. The Labute approximate surface area is 130 Å². The van der Waals surface area contributed by atoms with Crippen molar-refractivity contribution in [1.82, 2.24) is 20.3 Å². The number of rotatable bonds is 4. The Hall–Kier alpha value is -2.11. The van der Waals surface area contributed by atoms with Crippen LogP contribution in [-0.2, 0) is 11.2 Å². The maximum Gasteiger partial charge on any atom is 0.217 e. The molecule has 6 heteroatoms. The van der Waals surface area contributed by atoms with Crippen LogP contribution in [0.5, 0.6) is 0 Å². The molecule has 0 atom stereocenters. The third-order valence-electron chi connectivity index (χ3n) is 4.41. The number of aromatic nitrogens is 3. The highest BCUT2D eigenvalue weighted by molar-refractivity contribution is 5.90. The van der Waals surface area contributed by atoms with Gasteiger partial charge in [-0.3, -0.25) is 4.79 Å². The lowest BCUT2D eigenvalue weighted by Gasteiger charge is -2.29. The van der Waals surface area contributed by atoms with Gasteiger partial charge in [0.1, 0.15) is 17.8 Å². The van der Waals surface area contributed by atoms with E-state index in [-0.39, 0.29) is 5.91 Å². The van der Waals surface area contributed by atoms with Crippen LogP contribution in [0.2, 0.25) is 0 Å². The molecule has 1 aliphatic carbocycles. The maximum atomic E-state index is 11.1. The van der Waals surface area contributed by atoms with Gasteiger partial charge in [0.2, 0.25) is 5.91 Å². The number of amides is 1. The molecule has 1 fully saturated rings. The van der Waals surface area contributed by atoms with Crippen molar-refractivity contribution in [2.75, 3.05) is 5.32 Å². The molecular formula is C16H23N5O. The van der Waals surface area contributed by atoms with Crippen molar-refractivity contribution in [3.8, 4) is 0 Å². The molecule has 2 heterocycles. The molecule has 0 unspecified atom stereocenters. The molecule has 0 spiro atoms. The number of carbonyl (C=O) groups is 1. The van der Waals surface area contributed by atoms with Crippen LogP contribution in [-0.4, -0.2) is 32.9 Å². The molecule has 0 radical (unpaired) electrons. The van der Waals surface area contributed by atoms with E-state index in [0.29, 0.717) is 12.1 Å². The van der Waals surface area contributed by atoms with Crippen LogP contribution in [0, 0.1) is 0 Å². The topological polar surface area (TPSA) is 82.7 Å². The summed E-state index contributed by atoms with van der Waals surface area (Å²) in [6.07, 6.45) is 8.68. The van der Waals surface area contributed by atoms with Crippen molar-refractivity contribution in [2.45, 2.75) is 58.0 Å². The van der Waals surface area contributed by atoms with Crippen LogP contribution in [0.25, 0.3) is 11.0 Å². The van der Waals surface area contributed by atoms with E-state index in [9.17, 15) is 4.79 Å². The fourth-order valence-corrected chi connectivity index (χ4v) is 3.28. The Morgan fingerprint density at radius 3 is 2.68 bits per heavy atom. The first-order valence-electron chi connectivity index (χ1n) is 8.02. The molecule has 0 bridgehead atoms. The number of fused-ring (bicyclic) bond motifs is 1. The Balaban J connectivity index is 1.69. The number of aryl methyl sites for hydroxylation is 1. The third-order valence-corrected chi connectivity index (χ3v) is 4.41. The van der Waals surface area contributed by atoms with E-state index in [4.69, 9.17) is 0 Å². The van der Waals surface area contributed by atoms with Crippen LogP contribution >= 0.6 is 0 Å². The molecule has 6 nitrogen and oxygen atoms in total. The average molecular weight is 301 g/mol. The first-order valence-corrected chi connectivity index (χ1v) is 8.02. The quantitative estimate of drug-likeness (QED) is 0.809. The summed E-state index contributed by atoms with van der Waals surface area (Å²) in [5.74, 6) is 0.986. The number of hydrogen-bond donors (Lipinski definition) is 3. The van der Waals surface area contributed by atoms with Gasteiger partial charge < -0.3 is 15.6 Å². The number of nitrogens with zero attached hydrogens (tertiary/aromatic N) is 2. The van der Waals surface area contributed by atoms with E-state index in [0.717, 1.165) is 49.0 Å². The Bertz CT molecular complexity index is 658. The van der Waals surface area contributed by atoms with Crippen LogP contribution in [0.4, 0.5) is 5.82 Å². The van der Waals surface area contributed by atoms with Crippen LogP contribution in [0.1, 0.15) is 45.1 Å². The van der Waals surface area contributed by atoms with Crippen molar-refractivity contribution in [3.05, 3.63) is 18.1 Å². The summed E-state index contributed by atoms with van der Waals surface area (Å²) >= 11 is 0. The van der Waals surface area contributed by atoms with Gasteiger partial charge in [-0.05, 0) is 37.7 Å². The number of nitrogens with one attached hydrogen (secondary N) is 3. The minimum Gasteiger partial charge on any atom is -0.367 e. The van der Waals surface area contributed by atoms with Gasteiger partial charge in [-0.1, -0.05) is 6.92 Å². The van der Waals surface area contributed by atoms with Gasteiger partial charge in [-0.15, -0.1) is 0 Å². The lowest BCUT2D eigenvalue weighted by atomic mass is 9.91. The van der Waals surface area contributed by atoms with Crippen molar-refractivity contribution in [1.29, 1.82) is 0 Å². The van der Waals surface area contributed by atoms with Crippen LogP contribution in [0.3, 0.4) is 0 Å². The van der Waals surface area contributed by atoms with Gasteiger partial charge in [0.25, 0.3) is 0 Å². The summed E-state index contributed by atoms with van der Waals surface area (Å²) in [6.45, 7) is 3.72. The second kappa shape index (κ2) is 6.34. The molecule has 118 valence electrons. The van der Waals surface area contributed by atoms with E-state index in [1.807, 2.05) is 6.20 Å². The van der Waals surface area contributed by atoms with Crippen molar-refractivity contribution in [2.24, 2.45) is 0 Å². The fourth-order valence-electron chi connectivity index (χ4n) is 3.28. The van der Waals surface area contributed by atoms with Crippen molar-refractivity contribution in [3.63, 3.8) is 0 Å². The van der Waals surface area contributed by atoms with Crippen molar-refractivity contribution >= 4 is 22.8 Å². The van der Waals surface area contributed by atoms with Crippen LogP contribution in [0.15, 0.2) is 12.5 Å². The summed E-state index contributed by atoms with van der Waals surface area (Å²) in [5, 5.41) is 7.69. The summed E-state index contributed by atoms with van der Waals surface area (Å²) in [6, 6.07) is 0.724. The number of aromatic amines is 1. The van der Waals surface area contributed by atoms with E-state index >= 15 is 0 Å². The van der Waals surface area contributed by atoms with Gasteiger partial charge in [0.15, 0.2) is 0 Å². The van der Waals surface area contributed by atoms with Crippen LogP contribution < -0.4 is 10.6 Å². The highest BCUT2D eigenvalue weighted by Crippen LogP contribution is 2.27. The molecular weight excluding hydrogens is 278 g/mol. The minimum atomic E-state index is 0.0637. The van der Waals surface area contributed by atoms with Gasteiger partial charge in [0.05, 0.1) is 5.39 Å². The first-order chi connectivity index (χ1) is 10.7. The van der Waals surface area contributed by atoms with Gasteiger partial charge in [0, 0.05) is 25.2 Å². The second-order valence-corrected chi connectivity index (χ2v) is 6.01. The monoisotopic (exact) mass is 301 g/mol. The summed E-state index contributed by atoms with van der Waals surface area (Å²) in [4.78, 5) is 23.1. The molecule has 3 N–H and O–H groups in total. The molecule has 2 aromatic rings. The Morgan fingerprint density at radius 1 is 1.27 bits per heavy atom. The van der Waals surface area contributed by atoms with Gasteiger partial charge in [-0.2, -0.15) is 0 Å². The largest absolute Gasteiger partial charge is 0.367 e. The molecule has 0 saturated heterocycles. The average Bonchev–Trinajstić information content (AvgIpc) is 2.93. The zero-order valence-electron chi connectivity index (χ0n) is 13.1. The Kier molecular flexibility index (Phi) is 4.27. The number of carbonyl (C=O) groups excluding carboxylic acids is 1. The molecule has 0 aromatic carbocycles. The number of hydrogen-bond acceptors (Lipinski definition) is 4. The maximum absolute atomic E-state index is 11.1. The zero-order valence-corrected chi connectivity index (χ0v) is 13.1. The van der Waals surface area contributed by atoms with E-state index in [2.05, 4.69) is 32.5 Å². The zero-order chi connectivity index (χ0) is 15.5. The highest BCUT2D eigenvalue weighted by Gasteiger charge is 2.22. The van der Waals surface area contributed by atoms with Gasteiger partial charge >= 0.3 is 0 Å². The van der Waals surface area contributed by atoms with Gasteiger partial charge in [-0.25, -0.2) is 9.97 Å². The first kappa shape index (κ1) is 14.8. The molecule has 22 heavy (non-hydrogen) atoms. The van der Waals surface area contributed by atoms with E-state index in [1.54, 1.807) is 13.3 Å². The predicted octanol–water partition coefficient (Wildman–Crippen LogP) is 2.38. The minimum absolute atomic E-state index is 0.0637. The number of H-pyrrole nitrogens is 1. The Morgan fingerprint density at radius 2 is 2.00 bits per heavy atom. The summed E-state index contributed by atoms with van der Waals surface area (Å²) < 4.78 is 0. The van der Waals surface area contributed by atoms with Crippen molar-refractivity contribution < 1.29 is 4.79 Å². The fraction of sp³-hybridized carbons (Fsp3) is 0.562. The molecule has 1 amide bonds. The van der Waals surface area contributed by atoms with E-state index in [1.165, 1.54) is 5.56 Å². The summed E-state index contributed by atoms with van der Waals surface area (Å²) in [7, 11) is 0. The molecule has 1 aliphatic rings. The predicted molar refractivity (Wildman–Crippen MR) is 86.8 cm³/mol. The standard InChI is InChI=1S/C16H23N5O/c1-3-11-8-17-15-14(11)16(19-9-18-15)21-13-6-4-12(5-7-13)20-10(2)22/h8-9,12-13H,3-7H2,1-2H3,(H,20,22)(H2,17,18,19,21).